The van der Waals surface area contributed by atoms with Gasteiger partial charge in [-0.1, -0.05) is 38.5 Å². The Hall–Kier alpha value is -2.54. The second-order valence-electron chi connectivity index (χ2n) is 11.3. The fraction of sp³-hybridized carbons (Fsp3) is 0.655. The molecule has 1 aliphatic carbocycles. The molecule has 4 heterocycles. The van der Waals surface area contributed by atoms with Crippen molar-refractivity contribution in [1.29, 1.82) is 0 Å². The number of carbonyl (C=O) groups excluding carboxylic acids is 2. The summed E-state index contributed by atoms with van der Waals surface area (Å²) in [5, 5.41) is 3.39. The summed E-state index contributed by atoms with van der Waals surface area (Å²) in [6.07, 6.45) is 13.4. The van der Waals surface area contributed by atoms with E-state index in [1.54, 1.807) is 6.26 Å². The van der Waals surface area contributed by atoms with Crippen LogP contribution in [0.3, 0.4) is 0 Å². The minimum absolute atomic E-state index is 0.0298. The molecule has 0 unspecified atom stereocenters. The highest BCUT2D eigenvalue weighted by molar-refractivity contribution is 6.00. The van der Waals surface area contributed by atoms with Gasteiger partial charge < -0.3 is 19.2 Å². The van der Waals surface area contributed by atoms with Crippen LogP contribution >= 0.6 is 0 Å². The maximum atomic E-state index is 14.0. The van der Waals surface area contributed by atoms with Gasteiger partial charge in [-0.15, -0.1) is 0 Å². The number of furan rings is 1. The molecular weight excluding hydrogens is 452 g/mol. The van der Waals surface area contributed by atoms with E-state index in [4.69, 9.17) is 4.42 Å². The maximum Gasteiger partial charge on any atom is 0.271 e. The summed E-state index contributed by atoms with van der Waals surface area (Å²) < 4.78 is 7.65. The van der Waals surface area contributed by atoms with Gasteiger partial charge >= 0.3 is 0 Å². The van der Waals surface area contributed by atoms with Crippen LogP contribution in [0.25, 0.3) is 11.5 Å². The van der Waals surface area contributed by atoms with Crippen molar-refractivity contribution in [1.82, 2.24) is 19.7 Å². The van der Waals surface area contributed by atoms with E-state index in [-0.39, 0.29) is 17.9 Å². The predicted molar refractivity (Wildman–Crippen MR) is 141 cm³/mol. The molecule has 2 aliphatic heterocycles. The van der Waals surface area contributed by atoms with Crippen molar-refractivity contribution >= 4 is 11.8 Å². The lowest BCUT2D eigenvalue weighted by Gasteiger charge is -2.46. The zero-order chi connectivity index (χ0) is 25.1. The summed E-state index contributed by atoms with van der Waals surface area (Å²) in [4.78, 5) is 32.3. The van der Waals surface area contributed by atoms with Crippen molar-refractivity contribution < 1.29 is 14.0 Å². The first-order valence-corrected chi connectivity index (χ1v) is 14.1. The second kappa shape index (κ2) is 10.8. The molecule has 0 radical (unpaired) electrons. The quantitative estimate of drug-likeness (QED) is 0.609. The molecule has 1 saturated carbocycles. The molecule has 7 nitrogen and oxygen atoms in total. The summed E-state index contributed by atoms with van der Waals surface area (Å²) in [5.41, 5.74) is 0.508. The number of hydrogen-bond donors (Lipinski definition) is 1. The van der Waals surface area contributed by atoms with E-state index in [2.05, 4.69) is 17.1 Å². The number of nitrogens with zero attached hydrogens (tertiary/aromatic N) is 3. The molecule has 0 spiro atoms. The minimum atomic E-state index is -0.966. The van der Waals surface area contributed by atoms with E-state index in [9.17, 15) is 9.59 Å². The SMILES string of the molecule is C[C@H]1CCCCN1CCN1C(=O)c2ccc(-c3ccco3)n2C[C@@]1(C)C(=O)NC1CCCCCCC1. The first-order chi connectivity index (χ1) is 17.5. The molecular formula is C29H42N4O3. The van der Waals surface area contributed by atoms with Gasteiger partial charge in [0.25, 0.3) is 5.91 Å². The lowest BCUT2D eigenvalue weighted by atomic mass is 9.92. The van der Waals surface area contributed by atoms with E-state index < -0.39 is 5.54 Å². The highest BCUT2D eigenvalue weighted by atomic mass is 16.3. The number of hydrogen-bond acceptors (Lipinski definition) is 4. The standard InChI is InChI=1S/C29H42N4O3/c1-22-11-8-9-17-31(22)18-19-33-27(34)25-16-15-24(26-14-10-20-36-26)32(25)21-29(33,2)28(35)30-23-12-6-4-3-5-7-13-23/h10,14-16,20,22-23H,3-9,11-13,17-19,21H2,1-2H3,(H,30,35)/t22-,29-/m0/s1. The van der Waals surface area contributed by atoms with E-state index in [0.29, 0.717) is 30.6 Å². The average Bonchev–Trinajstić information content (AvgIpc) is 3.51. The molecule has 3 aliphatic rings. The molecule has 36 heavy (non-hydrogen) atoms. The molecule has 2 amide bonds. The van der Waals surface area contributed by atoms with Gasteiger partial charge in [0.2, 0.25) is 5.91 Å². The molecule has 1 N–H and O–H groups in total. The van der Waals surface area contributed by atoms with E-state index in [0.717, 1.165) is 44.5 Å². The Kier molecular flexibility index (Phi) is 7.56. The Bertz CT molecular complexity index is 1040. The molecule has 2 atom stereocenters. The molecule has 1 saturated heterocycles. The molecule has 196 valence electrons. The van der Waals surface area contributed by atoms with Gasteiger partial charge in [-0.3, -0.25) is 14.5 Å². The van der Waals surface area contributed by atoms with Gasteiger partial charge in [-0.05, 0) is 70.3 Å². The Balaban J connectivity index is 1.42. The lowest BCUT2D eigenvalue weighted by molar-refractivity contribution is -0.134. The topological polar surface area (TPSA) is 70.7 Å². The highest BCUT2D eigenvalue weighted by Gasteiger charge is 2.48. The Morgan fingerprint density at radius 3 is 2.44 bits per heavy atom. The second-order valence-corrected chi connectivity index (χ2v) is 11.3. The monoisotopic (exact) mass is 494 g/mol. The fourth-order valence-corrected chi connectivity index (χ4v) is 6.42. The Morgan fingerprint density at radius 2 is 1.72 bits per heavy atom. The lowest BCUT2D eigenvalue weighted by Crippen LogP contribution is -2.66. The van der Waals surface area contributed by atoms with Gasteiger partial charge in [-0.25, -0.2) is 0 Å². The summed E-state index contributed by atoms with van der Waals surface area (Å²) in [7, 11) is 0. The average molecular weight is 495 g/mol. The first-order valence-electron chi connectivity index (χ1n) is 14.1. The number of rotatable bonds is 6. The molecule has 5 rings (SSSR count). The number of carbonyl (C=O) groups is 2. The van der Waals surface area contributed by atoms with Crippen LogP contribution < -0.4 is 5.32 Å². The van der Waals surface area contributed by atoms with Crippen molar-refractivity contribution in [2.24, 2.45) is 0 Å². The van der Waals surface area contributed by atoms with Crippen LogP contribution in [-0.4, -0.2) is 63.4 Å². The molecule has 0 bridgehead atoms. The minimum Gasteiger partial charge on any atom is -0.463 e. The van der Waals surface area contributed by atoms with Crippen LogP contribution in [0.2, 0.25) is 0 Å². The van der Waals surface area contributed by atoms with Gasteiger partial charge in [-0.2, -0.15) is 0 Å². The van der Waals surface area contributed by atoms with Crippen molar-refractivity contribution in [2.75, 3.05) is 19.6 Å². The van der Waals surface area contributed by atoms with Crippen molar-refractivity contribution in [3.63, 3.8) is 0 Å². The highest BCUT2D eigenvalue weighted by Crippen LogP contribution is 2.34. The normalized spacial score (nSPS) is 26.3. The fourth-order valence-electron chi connectivity index (χ4n) is 6.42. The third kappa shape index (κ3) is 4.99. The van der Waals surface area contributed by atoms with Gasteiger partial charge in [0.15, 0.2) is 0 Å². The summed E-state index contributed by atoms with van der Waals surface area (Å²) in [6, 6.07) is 8.28. The van der Waals surface area contributed by atoms with Gasteiger partial charge in [0.05, 0.1) is 18.5 Å². The number of likely N-dealkylation sites (tertiary alicyclic amines) is 1. The van der Waals surface area contributed by atoms with Crippen LogP contribution in [0.5, 0.6) is 0 Å². The van der Waals surface area contributed by atoms with E-state index in [1.807, 2.05) is 40.7 Å². The number of piperidine rings is 1. The summed E-state index contributed by atoms with van der Waals surface area (Å²) in [5.74, 6) is 0.615. The van der Waals surface area contributed by atoms with Crippen molar-refractivity contribution in [3.8, 4) is 11.5 Å². The third-order valence-corrected chi connectivity index (χ3v) is 8.76. The van der Waals surface area contributed by atoms with Crippen LogP contribution in [0, 0.1) is 0 Å². The van der Waals surface area contributed by atoms with Crippen LogP contribution in [0.1, 0.15) is 88.5 Å². The number of nitrogens with one attached hydrogen (secondary N) is 1. The summed E-state index contributed by atoms with van der Waals surface area (Å²) >= 11 is 0. The third-order valence-electron chi connectivity index (χ3n) is 8.76. The molecule has 0 aromatic carbocycles. The van der Waals surface area contributed by atoms with Crippen molar-refractivity contribution in [3.05, 3.63) is 36.2 Å². The van der Waals surface area contributed by atoms with E-state index >= 15 is 0 Å². The molecule has 2 aromatic heterocycles. The summed E-state index contributed by atoms with van der Waals surface area (Å²) in [6.45, 7) is 7.07. The smallest absolute Gasteiger partial charge is 0.271 e. The zero-order valence-corrected chi connectivity index (χ0v) is 22.0. The van der Waals surface area contributed by atoms with E-state index in [1.165, 1.54) is 38.5 Å². The Labute approximate surface area is 215 Å². The Morgan fingerprint density at radius 1 is 1.00 bits per heavy atom. The largest absolute Gasteiger partial charge is 0.463 e. The predicted octanol–water partition coefficient (Wildman–Crippen LogP) is 5.07. The molecule has 7 heteroatoms. The maximum absolute atomic E-state index is 14.0. The van der Waals surface area contributed by atoms with Gasteiger partial charge in [0, 0.05) is 25.2 Å². The molecule has 2 fully saturated rings. The van der Waals surface area contributed by atoms with Crippen LogP contribution in [0.4, 0.5) is 0 Å². The number of aromatic nitrogens is 1. The van der Waals surface area contributed by atoms with Gasteiger partial charge in [0.1, 0.15) is 17.0 Å². The first kappa shape index (κ1) is 25.1. The number of amides is 2. The zero-order valence-electron chi connectivity index (χ0n) is 22.0. The molecule has 2 aromatic rings. The van der Waals surface area contributed by atoms with Crippen LogP contribution in [-0.2, 0) is 11.3 Å². The van der Waals surface area contributed by atoms with Crippen molar-refractivity contribution in [2.45, 2.75) is 102 Å². The number of fused-ring (bicyclic) bond motifs is 1. The van der Waals surface area contributed by atoms with Crippen LogP contribution in [0.15, 0.2) is 34.9 Å².